The molecule has 0 amide bonds. The Balaban J connectivity index is 1.38. The van der Waals surface area contributed by atoms with Gasteiger partial charge in [-0.15, -0.1) is 0 Å². The normalized spacial score (nSPS) is 32.5. The first-order valence-electron chi connectivity index (χ1n) is 8.78. The van der Waals surface area contributed by atoms with E-state index in [0.717, 1.165) is 53.8 Å². The topological polar surface area (TPSA) is 39.4 Å². The molecule has 1 aromatic heterocycles. The SMILES string of the molecule is CC1C2CC(CCOc3ccc4ccc(=O)oc4c3)C(C2)C1C. The molecule has 0 N–H and O–H groups in total. The molecular formula is C20H24O3. The quantitative estimate of drug-likeness (QED) is 0.781. The molecule has 1 aromatic carbocycles. The van der Waals surface area contributed by atoms with E-state index in [4.69, 9.17) is 9.15 Å². The molecule has 3 heteroatoms. The molecule has 2 fully saturated rings. The van der Waals surface area contributed by atoms with Crippen molar-refractivity contribution in [3.8, 4) is 5.75 Å². The van der Waals surface area contributed by atoms with Crippen LogP contribution in [0.15, 0.2) is 39.5 Å². The summed E-state index contributed by atoms with van der Waals surface area (Å²) in [4.78, 5) is 11.3. The van der Waals surface area contributed by atoms with Crippen LogP contribution in [0.5, 0.6) is 5.75 Å². The second kappa shape index (κ2) is 5.70. The minimum atomic E-state index is -0.320. The minimum absolute atomic E-state index is 0.320. The van der Waals surface area contributed by atoms with Crippen LogP contribution in [0.1, 0.15) is 33.1 Å². The second-order valence-corrected chi connectivity index (χ2v) is 7.46. The van der Waals surface area contributed by atoms with Gasteiger partial charge in [-0.05, 0) is 67.1 Å². The molecule has 5 atom stereocenters. The van der Waals surface area contributed by atoms with E-state index in [1.807, 2.05) is 18.2 Å². The summed E-state index contributed by atoms with van der Waals surface area (Å²) in [5, 5.41) is 0.924. The highest BCUT2D eigenvalue weighted by Gasteiger charge is 2.48. The summed E-state index contributed by atoms with van der Waals surface area (Å²) in [6.07, 6.45) is 3.94. The monoisotopic (exact) mass is 312 g/mol. The lowest BCUT2D eigenvalue weighted by Crippen LogP contribution is -2.25. The molecule has 2 aliphatic carbocycles. The molecule has 0 spiro atoms. The van der Waals surface area contributed by atoms with Crippen molar-refractivity contribution in [2.45, 2.75) is 33.1 Å². The Morgan fingerprint density at radius 1 is 1.13 bits per heavy atom. The van der Waals surface area contributed by atoms with Gasteiger partial charge in [0.05, 0.1) is 6.61 Å². The van der Waals surface area contributed by atoms with Gasteiger partial charge in [0.15, 0.2) is 0 Å². The fourth-order valence-electron chi connectivity index (χ4n) is 4.89. The summed E-state index contributed by atoms with van der Waals surface area (Å²) in [5.41, 5.74) is 0.275. The summed E-state index contributed by atoms with van der Waals surface area (Å²) in [7, 11) is 0. The van der Waals surface area contributed by atoms with E-state index in [-0.39, 0.29) is 5.63 Å². The zero-order valence-electron chi connectivity index (χ0n) is 13.8. The van der Waals surface area contributed by atoms with Gasteiger partial charge in [-0.25, -0.2) is 4.79 Å². The van der Waals surface area contributed by atoms with Gasteiger partial charge in [-0.2, -0.15) is 0 Å². The summed E-state index contributed by atoms with van der Waals surface area (Å²) in [6, 6.07) is 8.94. The van der Waals surface area contributed by atoms with Crippen molar-refractivity contribution in [1.29, 1.82) is 0 Å². The lowest BCUT2D eigenvalue weighted by Gasteiger charge is -2.31. The average Bonchev–Trinajstić information content (AvgIpc) is 3.07. The average molecular weight is 312 g/mol. The Morgan fingerprint density at radius 2 is 1.96 bits per heavy atom. The first kappa shape index (κ1) is 14.8. The third kappa shape index (κ3) is 2.66. The molecule has 2 aromatic rings. The van der Waals surface area contributed by atoms with Crippen molar-refractivity contribution in [1.82, 2.24) is 0 Å². The van der Waals surface area contributed by atoms with Crippen LogP contribution in [-0.4, -0.2) is 6.61 Å². The second-order valence-electron chi connectivity index (χ2n) is 7.46. The van der Waals surface area contributed by atoms with Gasteiger partial charge in [-0.1, -0.05) is 13.8 Å². The highest BCUT2D eigenvalue weighted by molar-refractivity contribution is 5.77. The Hall–Kier alpha value is -1.77. The van der Waals surface area contributed by atoms with Crippen LogP contribution in [0.3, 0.4) is 0 Å². The lowest BCUT2D eigenvalue weighted by atomic mass is 9.75. The Morgan fingerprint density at radius 3 is 2.74 bits per heavy atom. The van der Waals surface area contributed by atoms with E-state index in [1.54, 1.807) is 6.07 Å². The van der Waals surface area contributed by atoms with Gasteiger partial charge in [0, 0.05) is 17.5 Å². The van der Waals surface area contributed by atoms with Crippen molar-refractivity contribution in [2.75, 3.05) is 6.61 Å². The molecule has 2 aliphatic rings. The van der Waals surface area contributed by atoms with Crippen molar-refractivity contribution in [3.63, 3.8) is 0 Å². The molecule has 1 heterocycles. The van der Waals surface area contributed by atoms with Gasteiger partial charge in [0.1, 0.15) is 11.3 Å². The van der Waals surface area contributed by atoms with Crippen LogP contribution in [0.4, 0.5) is 0 Å². The number of hydrogen-bond acceptors (Lipinski definition) is 3. The zero-order valence-corrected chi connectivity index (χ0v) is 13.8. The van der Waals surface area contributed by atoms with Gasteiger partial charge < -0.3 is 9.15 Å². The lowest BCUT2D eigenvalue weighted by molar-refractivity contribution is 0.160. The van der Waals surface area contributed by atoms with Crippen molar-refractivity contribution >= 4 is 11.0 Å². The maximum atomic E-state index is 11.3. The van der Waals surface area contributed by atoms with E-state index in [0.29, 0.717) is 5.58 Å². The fraction of sp³-hybridized carbons (Fsp3) is 0.550. The van der Waals surface area contributed by atoms with Crippen LogP contribution in [0.2, 0.25) is 0 Å². The number of benzene rings is 1. The van der Waals surface area contributed by atoms with Crippen LogP contribution in [-0.2, 0) is 0 Å². The Kier molecular flexibility index (Phi) is 3.67. The van der Waals surface area contributed by atoms with Crippen LogP contribution >= 0.6 is 0 Å². The minimum Gasteiger partial charge on any atom is -0.493 e. The van der Waals surface area contributed by atoms with Crippen molar-refractivity contribution in [2.24, 2.45) is 29.6 Å². The predicted octanol–water partition coefficient (Wildman–Crippen LogP) is 4.49. The fourth-order valence-corrected chi connectivity index (χ4v) is 4.89. The van der Waals surface area contributed by atoms with E-state index in [2.05, 4.69) is 13.8 Å². The van der Waals surface area contributed by atoms with Crippen molar-refractivity contribution < 1.29 is 9.15 Å². The highest BCUT2D eigenvalue weighted by atomic mass is 16.5. The maximum Gasteiger partial charge on any atom is 0.336 e. The summed E-state index contributed by atoms with van der Waals surface area (Å²) < 4.78 is 11.1. The number of rotatable bonds is 4. The molecule has 3 nitrogen and oxygen atoms in total. The third-order valence-corrected chi connectivity index (χ3v) is 6.39. The third-order valence-electron chi connectivity index (χ3n) is 6.39. The molecule has 2 bridgehead atoms. The largest absolute Gasteiger partial charge is 0.493 e. The Labute approximate surface area is 136 Å². The van der Waals surface area contributed by atoms with Crippen LogP contribution in [0.25, 0.3) is 11.0 Å². The van der Waals surface area contributed by atoms with Gasteiger partial charge in [0.25, 0.3) is 0 Å². The molecule has 23 heavy (non-hydrogen) atoms. The smallest absolute Gasteiger partial charge is 0.336 e. The number of ether oxygens (including phenoxy) is 1. The standard InChI is InChI=1S/C20H24O3/c1-12-13(2)18-10-16(12)9-15(18)7-8-22-17-5-3-14-4-6-20(21)23-19(14)11-17/h3-6,11-13,15-16,18H,7-10H2,1-2H3. The van der Waals surface area contributed by atoms with Gasteiger partial charge >= 0.3 is 5.63 Å². The van der Waals surface area contributed by atoms with Crippen LogP contribution in [0, 0.1) is 29.6 Å². The van der Waals surface area contributed by atoms with Crippen molar-refractivity contribution in [3.05, 3.63) is 40.8 Å². The molecule has 122 valence electrons. The molecule has 0 aliphatic heterocycles. The maximum absolute atomic E-state index is 11.3. The Bertz CT molecular complexity index is 761. The predicted molar refractivity (Wildman–Crippen MR) is 90.6 cm³/mol. The summed E-state index contributed by atoms with van der Waals surface area (Å²) in [6.45, 7) is 5.59. The van der Waals surface area contributed by atoms with E-state index < -0.39 is 0 Å². The molecule has 4 rings (SSSR count). The zero-order chi connectivity index (χ0) is 16.0. The molecule has 2 saturated carbocycles. The first-order valence-corrected chi connectivity index (χ1v) is 8.78. The first-order chi connectivity index (χ1) is 11.1. The molecule has 0 saturated heterocycles. The highest BCUT2D eigenvalue weighted by Crippen LogP contribution is 2.55. The van der Waals surface area contributed by atoms with Crippen LogP contribution < -0.4 is 10.4 Å². The summed E-state index contributed by atoms with van der Waals surface area (Å²) in [5.74, 6) is 5.22. The van der Waals surface area contributed by atoms with Gasteiger partial charge in [0.2, 0.25) is 0 Å². The van der Waals surface area contributed by atoms with E-state index >= 15 is 0 Å². The molecular weight excluding hydrogens is 288 g/mol. The number of fused-ring (bicyclic) bond motifs is 3. The van der Waals surface area contributed by atoms with E-state index in [1.165, 1.54) is 18.9 Å². The number of hydrogen-bond donors (Lipinski definition) is 0. The van der Waals surface area contributed by atoms with E-state index in [9.17, 15) is 4.79 Å². The summed E-state index contributed by atoms with van der Waals surface area (Å²) >= 11 is 0. The molecule has 0 radical (unpaired) electrons. The molecule has 5 unspecified atom stereocenters. The van der Waals surface area contributed by atoms with Gasteiger partial charge in [-0.3, -0.25) is 0 Å².